The Morgan fingerprint density at radius 2 is 1.70 bits per heavy atom. The molecular formula is C33H36F4N6O4. The molecule has 0 saturated carbocycles. The molecule has 2 N–H and O–H groups in total. The first-order chi connectivity index (χ1) is 22.2. The lowest BCUT2D eigenvalue weighted by Gasteiger charge is -2.55. The van der Waals surface area contributed by atoms with Crippen LogP contribution in [0.3, 0.4) is 0 Å². The molecule has 0 radical (unpaired) electrons. The molecule has 3 aromatic rings. The van der Waals surface area contributed by atoms with Gasteiger partial charge < -0.3 is 25.1 Å². The molecule has 5 rings (SSSR count). The van der Waals surface area contributed by atoms with Crippen molar-refractivity contribution in [1.29, 1.82) is 0 Å². The number of carbonyl (C=O) groups excluding carboxylic acids is 3. The lowest BCUT2D eigenvalue weighted by molar-refractivity contribution is -0.189. The molecule has 0 unspecified atom stereocenters. The maximum atomic E-state index is 15.0. The Morgan fingerprint density at radius 3 is 2.32 bits per heavy atom. The van der Waals surface area contributed by atoms with E-state index < -0.39 is 53.7 Å². The molecule has 2 saturated heterocycles. The van der Waals surface area contributed by atoms with E-state index in [0.717, 1.165) is 5.56 Å². The van der Waals surface area contributed by atoms with Gasteiger partial charge in [-0.1, -0.05) is 42.5 Å². The van der Waals surface area contributed by atoms with E-state index in [1.165, 1.54) is 63.9 Å². The summed E-state index contributed by atoms with van der Waals surface area (Å²) in [7, 11) is 4.40. The number of anilines is 1. The molecule has 250 valence electrons. The average molecular weight is 657 g/mol. The van der Waals surface area contributed by atoms with E-state index in [2.05, 4.69) is 5.32 Å². The molecule has 2 fully saturated rings. The van der Waals surface area contributed by atoms with Crippen molar-refractivity contribution in [2.24, 2.45) is 0 Å². The summed E-state index contributed by atoms with van der Waals surface area (Å²) in [5.41, 5.74) is -0.295. The third kappa shape index (κ3) is 6.82. The van der Waals surface area contributed by atoms with E-state index in [4.69, 9.17) is 0 Å². The van der Waals surface area contributed by atoms with E-state index in [1.807, 2.05) is 30.3 Å². The first-order valence-corrected chi connectivity index (χ1v) is 15.0. The van der Waals surface area contributed by atoms with E-state index in [1.54, 1.807) is 19.2 Å². The van der Waals surface area contributed by atoms with Crippen LogP contribution in [0.25, 0.3) is 0 Å². The number of urea groups is 1. The van der Waals surface area contributed by atoms with Crippen molar-refractivity contribution in [2.45, 2.75) is 44.3 Å². The molecule has 4 amide bonds. The number of nitrogens with one attached hydrogen (secondary N) is 1. The third-order valence-electron chi connectivity index (χ3n) is 8.56. The van der Waals surface area contributed by atoms with Gasteiger partial charge in [-0.15, -0.1) is 0 Å². The number of hydrogen-bond acceptors (Lipinski definition) is 6. The molecule has 2 aliphatic heterocycles. The van der Waals surface area contributed by atoms with Gasteiger partial charge in [-0.25, -0.2) is 19.2 Å². The maximum Gasteiger partial charge on any atom is 0.419 e. The number of hydrazine groups is 1. The van der Waals surface area contributed by atoms with Gasteiger partial charge in [-0.3, -0.25) is 9.59 Å². The topological polar surface area (TPSA) is 99.7 Å². The van der Waals surface area contributed by atoms with E-state index >= 15 is 0 Å². The van der Waals surface area contributed by atoms with Crippen LogP contribution in [0.4, 0.5) is 28.0 Å². The van der Waals surface area contributed by atoms with Crippen LogP contribution < -0.4 is 10.2 Å². The van der Waals surface area contributed by atoms with E-state index in [0.29, 0.717) is 11.6 Å². The van der Waals surface area contributed by atoms with Gasteiger partial charge in [0.15, 0.2) is 5.82 Å². The van der Waals surface area contributed by atoms with Crippen LogP contribution in [0, 0.1) is 5.82 Å². The number of fused-ring (bicyclic) bond motifs is 1. The number of hydrogen-bond donors (Lipinski definition) is 2. The summed E-state index contributed by atoms with van der Waals surface area (Å²) >= 11 is 0. The summed E-state index contributed by atoms with van der Waals surface area (Å²) < 4.78 is 56.9. The Hall–Kier alpha value is -4.85. The Morgan fingerprint density at radius 1 is 1.04 bits per heavy atom. The molecule has 14 heteroatoms. The number of piperazine rings is 1. The molecule has 0 aromatic heterocycles. The number of phenols is 1. The van der Waals surface area contributed by atoms with Crippen LogP contribution in [-0.2, 0) is 28.7 Å². The number of halogens is 4. The second kappa shape index (κ2) is 13.1. The van der Waals surface area contributed by atoms with Crippen molar-refractivity contribution >= 4 is 23.5 Å². The highest BCUT2D eigenvalue weighted by Crippen LogP contribution is 2.39. The number of nitrogens with zero attached hydrogens (tertiary/aromatic N) is 5. The van der Waals surface area contributed by atoms with Gasteiger partial charge in [0.1, 0.15) is 18.0 Å². The second-order valence-corrected chi connectivity index (χ2v) is 11.9. The summed E-state index contributed by atoms with van der Waals surface area (Å²) in [6, 6.07) is 14.5. The number of carbonyl (C=O) groups is 3. The molecule has 3 aromatic carbocycles. The number of likely N-dealkylation sites (N-methyl/N-ethyl adjacent to an activating group) is 1. The van der Waals surface area contributed by atoms with Crippen molar-refractivity contribution in [3.05, 3.63) is 94.8 Å². The monoisotopic (exact) mass is 656 g/mol. The van der Waals surface area contributed by atoms with Crippen LogP contribution in [-0.4, -0.2) is 89.2 Å². The van der Waals surface area contributed by atoms with Gasteiger partial charge in [-0.2, -0.15) is 13.2 Å². The van der Waals surface area contributed by atoms with Crippen LogP contribution in [0.1, 0.15) is 35.2 Å². The number of phenolic OH excluding ortho intramolecular Hbond substituents is 1. The standard InChI is InChI=1S/C33H36F4N6O4/c1-20(23-15-25(33(35,36)37)30(34)26(16-23)39(2)3)41-18-28-42(27(31(41)46)14-21-10-12-24(44)13-11-21)29(45)19-40(4)43(28)32(47)38-17-22-8-6-5-7-9-22/h5-13,15-16,20,27-28,44H,14,17-19H2,1-4H3,(H,38,47)/t20-,27+,28+/m1/s1. The fourth-order valence-electron chi connectivity index (χ4n) is 6.11. The summed E-state index contributed by atoms with van der Waals surface area (Å²) in [6.45, 7) is 1.29. The minimum absolute atomic E-state index is 0.00209. The first-order valence-electron chi connectivity index (χ1n) is 15.0. The molecular weight excluding hydrogens is 620 g/mol. The lowest BCUT2D eigenvalue weighted by Crippen LogP contribution is -2.76. The Labute approximate surface area is 269 Å². The molecule has 0 aliphatic carbocycles. The minimum atomic E-state index is -5.00. The Bertz CT molecular complexity index is 1640. The summed E-state index contributed by atoms with van der Waals surface area (Å²) in [5.74, 6) is -2.39. The first kappa shape index (κ1) is 33.5. The lowest BCUT2D eigenvalue weighted by atomic mass is 9.95. The highest BCUT2D eigenvalue weighted by molar-refractivity contribution is 5.92. The summed E-state index contributed by atoms with van der Waals surface area (Å²) in [4.78, 5) is 45.5. The number of amides is 4. The van der Waals surface area contributed by atoms with Gasteiger partial charge in [0, 0.05) is 34.1 Å². The zero-order valence-electron chi connectivity index (χ0n) is 26.3. The van der Waals surface area contributed by atoms with Gasteiger partial charge in [-0.05, 0) is 47.9 Å². The van der Waals surface area contributed by atoms with E-state index in [-0.39, 0.29) is 43.1 Å². The molecule has 0 bridgehead atoms. The van der Waals surface area contributed by atoms with Crippen LogP contribution in [0.2, 0.25) is 0 Å². The maximum absolute atomic E-state index is 15.0. The predicted molar refractivity (Wildman–Crippen MR) is 165 cm³/mol. The second-order valence-electron chi connectivity index (χ2n) is 11.9. The van der Waals surface area contributed by atoms with Crippen molar-refractivity contribution in [2.75, 3.05) is 39.1 Å². The normalized spacial score (nSPS) is 19.4. The molecule has 10 nitrogen and oxygen atoms in total. The summed E-state index contributed by atoms with van der Waals surface area (Å²) in [5, 5.41) is 15.4. The van der Waals surface area contributed by atoms with E-state index in [9.17, 15) is 37.1 Å². The number of alkyl halides is 3. The van der Waals surface area contributed by atoms with Crippen molar-refractivity contribution in [1.82, 2.24) is 25.1 Å². The highest BCUT2D eigenvalue weighted by atomic mass is 19.4. The number of rotatable bonds is 7. The zero-order chi connectivity index (χ0) is 34.2. The van der Waals surface area contributed by atoms with Gasteiger partial charge >= 0.3 is 12.2 Å². The smallest absolute Gasteiger partial charge is 0.419 e. The predicted octanol–water partition coefficient (Wildman–Crippen LogP) is 4.36. The van der Waals surface area contributed by atoms with Gasteiger partial charge in [0.25, 0.3) is 0 Å². The SMILES string of the molecule is C[C@H](c1cc(N(C)C)c(F)c(C(F)(F)F)c1)N1C[C@H]2N(C(=O)CN(C)N2C(=O)NCc2ccccc2)[C@@H](Cc2ccc(O)cc2)C1=O. The zero-order valence-corrected chi connectivity index (χ0v) is 26.3. The highest BCUT2D eigenvalue weighted by Gasteiger charge is 2.51. The fourth-order valence-corrected chi connectivity index (χ4v) is 6.11. The quantitative estimate of drug-likeness (QED) is 0.367. The van der Waals surface area contributed by atoms with Crippen LogP contribution >= 0.6 is 0 Å². The molecule has 0 spiro atoms. The molecule has 47 heavy (non-hydrogen) atoms. The van der Waals surface area contributed by atoms with Crippen molar-refractivity contribution in [3.8, 4) is 5.75 Å². The molecule has 2 heterocycles. The molecule has 3 atom stereocenters. The van der Waals surface area contributed by atoms with Crippen molar-refractivity contribution < 1.29 is 37.1 Å². The number of aromatic hydroxyl groups is 1. The summed E-state index contributed by atoms with van der Waals surface area (Å²) in [6.07, 6.45) is -6.01. The van der Waals surface area contributed by atoms with Gasteiger partial charge in [0.05, 0.1) is 30.4 Å². The minimum Gasteiger partial charge on any atom is -0.508 e. The fraction of sp³-hybridized carbons (Fsp3) is 0.364. The van der Waals surface area contributed by atoms with Crippen LogP contribution in [0.5, 0.6) is 5.75 Å². The van der Waals surface area contributed by atoms with Crippen LogP contribution in [0.15, 0.2) is 66.7 Å². The Kier molecular flexibility index (Phi) is 9.34. The number of benzene rings is 3. The van der Waals surface area contributed by atoms with Gasteiger partial charge in [0.2, 0.25) is 11.8 Å². The third-order valence-corrected chi connectivity index (χ3v) is 8.56. The Balaban J connectivity index is 1.56. The average Bonchev–Trinajstić information content (AvgIpc) is 3.01. The largest absolute Gasteiger partial charge is 0.508 e. The molecule has 2 aliphatic rings. The van der Waals surface area contributed by atoms with Crippen molar-refractivity contribution in [3.63, 3.8) is 0 Å².